The average Bonchev–Trinajstić information content (AvgIpc) is 3.20. The van der Waals surface area contributed by atoms with Crippen LogP contribution in [0.4, 0.5) is 0 Å². The molecule has 0 aromatic heterocycles. The molecule has 0 atom stereocenters. The first-order chi connectivity index (χ1) is 11.7. The number of fused-ring (bicyclic) bond motifs is 1. The Labute approximate surface area is 143 Å². The number of rotatable bonds is 4. The van der Waals surface area contributed by atoms with Gasteiger partial charge in [-0.15, -0.1) is 0 Å². The predicted molar refractivity (Wildman–Crippen MR) is 92.9 cm³/mol. The van der Waals surface area contributed by atoms with Crippen LogP contribution in [0.3, 0.4) is 0 Å². The minimum Gasteiger partial charge on any atom is -0.303 e. The Hall–Kier alpha value is -1.68. The molecule has 0 N–H and O–H groups in total. The summed E-state index contributed by atoms with van der Waals surface area (Å²) in [5, 5.41) is 0. The summed E-state index contributed by atoms with van der Waals surface area (Å²) in [6, 6.07) is 7.19. The third kappa shape index (κ3) is 3.00. The summed E-state index contributed by atoms with van der Waals surface area (Å²) in [7, 11) is 0. The number of carbonyl (C=O) groups excluding carboxylic acids is 2. The second-order valence-electron chi connectivity index (χ2n) is 7.66. The van der Waals surface area contributed by atoms with E-state index >= 15 is 0 Å². The summed E-state index contributed by atoms with van der Waals surface area (Å²) in [6.45, 7) is 4.40. The van der Waals surface area contributed by atoms with Gasteiger partial charge in [0.1, 0.15) is 0 Å². The molecule has 2 heterocycles. The molecular weight excluding hydrogens is 300 g/mol. The molecule has 1 saturated heterocycles. The molecule has 0 bridgehead atoms. The van der Waals surface area contributed by atoms with E-state index in [2.05, 4.69) is 4.90 Å². The van der Waals surface area contributed by atoms with E-state index in [-0.39, 0.29) is 11.8 Å². The maximum atomic E-state index is 12.5. The Morgan fingerprint density at radius 1 is 0.792 bits per heavy atom. The van der Waals surface area contributed by atoms with Crippen LogP contribution in [0.2, 0.25) is 0 Å². The van der Waals surface area contributed by atoms with Crippen LogP contribution in [-0.2, 0) is 0 Å². The van der Waals surface area contributed by atoms with E-state index in [9.17, 15) is 9.59 Å². The van der Waals surface area contributed by atoms with Gasteiger partial charge in [-0.3, -0.25) is 14.5 Å². The molecule has 3 aliphatic rings. The van der Waals surface area contributed by atoms with Crippen molar-refractivity contribution in [1.82, 2.24) is 9.80 Å². The standard InChI is InChI=1S/C20H26N2O2/c23-19-17-5-1-2-6-18(17)20(24)22(19)14-16-9-7-15(8-10-16)13-21-11-3-4-12-21/h1-2,5-6,15-16H,3-4,7-14H2. The van der Waals surface area contributed by atoms with Crippen molar-refractivity contribution in [1.29, 1.82) is 0 Å². The van der Waals surface area contributed by atoms with Crippen molar-refractivity contribution >= 4 is 11.8 Å². The topological polar surface area (TPSA) is 40.6 Å². The molecule has 24 heavy (non-hydrogen) atoms. The van der Waals surface area contributed by atoms with Gasteiger partial charge < -0.3 is 4.90 Å². The maximum absolute atomic E-state index is 12.5. The van der Waals surface area contributed by atoms with Crippen LogP contribution in [0.25, 0.3) is 0 Å². The first-order valence-electron chi connectivity index (χ1n) is 9.40. The van der Waals surface area contributed by atoms with Crippen molar-refractivity contribution < 1.29 is 9.59 Å². The summed E-state index contributed by atoms with van der Waals surface area (Å²) < 4.78 is 0. The Morgan fingerprint density at radius 3 is 1.83 bits per heavy atom. The molecule has 1 aliphatic carbocycles. The number of hydrogen-bond donors (Lipinski definition) is 0. The zero-order valence-corrected chi connectivity index (χ0v) is 14.2. The van der Waals surface area contributed by atoms with Crippen LogP contribution >= 0.6 is 0 Å². The monoisotopic (exact) mass is 326 g/mol. The lowest BCUT2D eigenvalue weighted by Crippen LogP contribution is -2.37. The smallest absolute Gasteiger partial charge is 0.261 e. The van der Waals surface area contributed by atoms with Gasteiger partial charge in [-0.1, -0.05) is 12.1 Å². The minimum absolute atomic E-state index is 0.102. The van der Waals surface area contributed by atoms with Gasteiger partial charge in [0.05, 0.1) is 11.1 Å². The third-order valence-electron chi connectivity index (χ3n) is 6.00. The molecule has 2 aliphatic heterocycles. The van der Waals surface area contributed by atoms with E-state index < -0.39 is 0 Å². The molecule has 2 fully saturated rings. The summed E-state index contributed by atoms with van der Waals surface area (Å²) >= 11 is 0. The van der Waals surface area contributed by atoms with Gasteiger partial charge in [0.25, 0.3) is 11.8 Å². The van der Waals surface area contributed by atoms with E-state index in [0.717, 1.165) is 18.8 Å². The van der Waals surface area contributed by atoms with Gasteiger partial charge in [0, 0.05) is 13.1 Å². The molecule has 0 unspecified atom stereocenters. The summed E-state index contributed by atoms with van der Waals surface area (Å²) in [4.78, 5) is 29.0. The second-order valence-corrected chi connectivity index (χ2v) is 7.66. The van der Waals surface area contributed by atoms with Crippen LogP contribution in [-0.4, -0.2) is 47.8 Å². The molecule has 4 heteroatoms. The minimum atomic E-state index is -0.102. The first-order valence-corrected chi connectivity index (χ1v) is 9.40. The molecule has 4 rings (SSSR count). The van der Waals surface area contributed by atoms with Gasteiger partial charge in [-0.05, 0) is 75.6 Å². The average molecular weight is 326 g/mol. The highest BCUT2D eigenvalue weighted by atomic mass is 16.2. The van der Waals surface area contributed by atoms with Crippen molar-refractivity contribution in [2.75, 3.05) is 26.2 Å². The highest BCUT2D eigenvalue weighted by Gasteiger charge is 2.37. The largest absolute Gasteiger partial charge is 0.303 e. The Kier molecular flexibility index (Phi) is 4.40. The van der Waals surface area contributed by atoms with E-state index in [0.29, 0.717) is 23.6 Å². The summed E-state index contributed by atoms with van der Waals surface area (Å²) in [5.74, 6) is 1.08. The molecule has 1 aromatic rings. The van der Waals surface area contributed by atoms with Gasteiger partial charge in [0.2, 0.25) is 0 Å². The number of imide groups is 1. The Bertz CT molecular complexity index is 593. The van der Waals surface area contributed by atoms with E-state index in [1.807, 2.05) is 12.1 Å². The lowest BCUT2D eigenvalue weighted by atomic mass is 9.81. The van der Waals surface area contributed by atoms with Crippen molar-refractivity contribution in [2.24, 2.45) is 11.8 Å². The van der Waals surface area contributed by atoms with E-state index in [4.69, 9.17) is 0 Å². The molecule has 1 saturated carbocycles. The van der Waals surface area contributed by atoms with Crippen LogP contribution in [0, 0.1) is 11.8 Å². The van der Waals surface area contributed by atoms with Crippen LogP contribution in [0.1, 0.15) is 59.2 Å². The number of carbonyl (C=O) groups is 2. The van der Waals surface area contributed by atoms with Gasteiger partial charge >= 0.3 is 0 Å². The quantitative estimate of drug-likeness (QED) is 0.798. The number of amides is 2. The van der Waals surface area contributed by atoms with Gasteiger partial charge in [0.15, 0.2) is 0 Å². The number of benzene rings is 1. The van der Waals surface area contributed by atoms with Crippen LogP contribution < -0.4 is 0 Å². The fourth-order valence-corrected chi connectivity index (χ4v) is 4.59. The lowest BCUT2D eigenvalue weighted by Gasteiger charge is -2.32. The number of likely N-dealkylation sites (tertiary alicyclic amines) is 1. The van der Waals surface area contributed by atoms with Gasteiger partial charge in [-0.25, -0.2) is 0 Å². The highest BCUT2D eigenvalue weighted by molar-refractivity contribution is 6.21. The van der Waals surface area contributed by atoms with E-state index in [1.165, 1.54) is 50.2 Å². The molecule has 4 nitrogen and oxygen atoms in total. The first kappa shape index (κ1) is 15.8. The lowest BCUT2D eigenvalue weighted by molar-refractivity contribution is 0.0606. The summed E-state index contributed by atoms with van der Waals surface area (Å²) in [5.41, 5.74) is 1.15. The maximum Gasteiger partial charge on any atom is 0.261 e. The van der Waals surface area contributed by atoms with Crippen molar-refractivity contribution in [2.45, 2.75) is 38.5 Å². The number of nitrogens with zero attached hydrogens (tertiary/aromatic N) is 2. The predicted octanol–water partition coefficient (Wildman–Crippen LogP) is 3.18. The van der Waals surface area contributed by atoms with Crippen LogP contribution in [0.15, 0.2) is 24.3 Å². The van der Waals surface area contributed by atoms with Crippen molar-refractivity contribution in [3.05, 3.63) is 35.4 Å². The molecule has 0 spiro atoms. The molecule has 1 aromatic carbocycles. The molecule has 2 amide bonds. The Balaban J connectivity index is 1.31. The number of hydrogen-bond acceptors (Lipinski definition) is 3. The Morgan fingerprint density at radius 2 is 1.29 bits per heavy atom. The van der Waals surface area contributed by atoms with Crippen molar-refractivity contribution in [3.63, 3.8) is 0 Å². The zero-order valence-electron chi connectivity index (χ0n) is 14.2. The SMILES string of the molecule is O=C1c2ccccc2C(=O)N1CC1CCC(CN2CCCC2)CC1. The highest BCUT2D eigenvalue weighted by Crippen LogP contribution is 2.32. The van der Waals surface area contributed by atoms with Gasteiger partial charge in [-0.2, -0.15) is 0 Å². The second kappa shape index (κ2) is 6.67. The molecule has 128 valence electrons. The molecular formula is C20H26N2O2. The van der Waals surface area contributed by atoms with Crippen LogP contribution in [0.5, 0.6) is 0 Å². The summed E-state index contributed by atoms with van der Waals surface area (Å²) in [6.07, 6.45) is 7.48. The fraction of sp³-hybridized carbons (Fsp3) is 0.600. The fourth-order valence-electron chi connectivity index (χ4n) is 4.59. The third-order valence-corrected chi connectivity index (χ3v) is 6.00. The molecule has 0 radical (unpaired) electrons. The zero-order chi connectivity index (χ0) is 16.5. The van der Waals surface area contributed by atoms with Crippen molar-refractivity contribution in [3.8, 4) is 0 Å². The normalized spacial score (nSPS) is 27.8. The van der Waals surface area contributed by atoms with E-state index in [1.54, 1.807) is 12.1 Å².